The summed E-state index contributed by atoms with van der Waals surface area (Å²) in [6.45, 7) is 4.46. The van der Waals surface area contributed by atoms with Crippen LogP contribution in [-0.2, 0) is 6.54 Å². The predicted octanol–water partition coefficient (Wildman–Crippen LogP) is 1.91. The highest BCUT2D eigenvalue weighted by molar-refractivity contribution is 5.62. The van der Waals surface area contributed by atoms with Gasteiger partial charge in [0.1, 0.15) is 11.5 Å². The Morgan fingerprint density at radius 1 is 1.35 bits per heavy atom. The van der Waals surface area contributed by atoms with E-state index in [1.807, 2.05) is 37.9 Å². The lowest BCUT2D eigenvalue weighted by Gasteiger charge is -2.18. The molecule has 2 aromatic rings. The van der Waals surface area contributed by atoms with Crippen molar-refractivity contribution in [2.24, 2.45) is 0 Å². The molecule has 0 radical (unpaired) electrons. The fraction of sp³-hybridized carbons (Fsp3) is 0.333. The Labute approximate surface area is 100 Å². The number of aryl methyl sites for hydroxylation is 2. The Kier molecular flexibility index (Phi) is 2.99. The van der Waals surface area contributed by atoms with E-state index in [-0.39, 0.29) is 0 Å². The molecule has 0 fully saturated rings. The van der Waals surface area contributed by atoms with Gasteiger partial charge < -0.3 is 15.2 Å². The maximum Gasteiger partial charge on any atom is 0.151 e. The SMILES string of the molecule is Cc1cnc(N(C)Cc2cc(C)on2)c(N)c1. The summed E-state index contributed by atoms with van der Waals surface area (Å²) in [5, 5.41) is 3.94. The normalized spacial score (nSPS) is 10.5. The van der Waals surface area contributed by atoms with Crippen LogP contribution in [0.3, 0.4) is 0 Å². The molecule has 90 valence electrons. The number of aromatic nitrogens is 2. The molecule has 17 heavy (non-hydrogen) atoms. The number of nitrogens with zero attached hydrogens (tertiary/aromatic N) is 3. The molecule has 2 rings (SSSR count). The molecule has 0 unspecified atom stereocenters. The Balaban J connectivity index is 2.17. The molecule has 0 aromatic carbocycles. The third kappa shape index (κ3) is 2.55. The molecule has 5 heteroatoms. The van der Waals surface area contributed by atoms with Crippen molar-refractivity contribution in [3.8, 4) is 0 Å². The summed E-state index contributed by atoms with van der Waals surface area (Å²) < 4.78 is 5.02. The van der Waals surface area contributed by atoms with Gasteiger partial charge in [-0.05, 0) is 25.5 Å². The molecule has 0 aliphatic heterocycles. The summed E-state index contributed by atoms with van der Waals surface area (Å²) in [4.78, 5) is 6.27. The van der Waals surface area contributed by atoms with Gasteiger partial charge in [0, 0.05) is 19.3 Å². The topological polar surface area (TPSA) is 68.2 Å². The lowest BCUT2D eigenvalue weighted by atomic mass is 10.2. The van der Waals surface area contributed by atoms with Crippen LogP contribution in [0.1, 0.15) is 17.0 Å². The first-order chi connectivity index (χ1) is 8.06. The monoisotopic (exact) mass is 232 g/mol. The van der Waals surface area contributed by atoms with E-state index in [9.17, 15) is 0 Å². The standard InChI is InChI=1S/C12H16N4O/c1-8-4-11(13)12(14-6-8)16(3)7-10-5-9(2)17-15-10/h4-6H,7,13H2,1-3H3. The molecule has 0 aliphatic rings. The molecule has 0 saturated heterocycles. The van der Waals surface area contributed by atoms with Crippen LogP contribution in [0.5, 0.6) is 0 Å². The highest BCUT2D eigenvalue weighted by Gasteiger charge is 2.10. The van der Waals surface area contributed by atoms with Crippen LogP contribution in [0.25, 0.3) is 0 Å². The van der Waals surface area contributed by atoms with Gasteiger partial charge in [0.2, 0.25) is 0 Å². The fourth-order valence-corrected chi connectivity index (χ4v) is 1.71. The first-order valence-electron chi connectivity index (χ1n) is 5.41. The van der Waals surface area contributed by atoms with Crippen molar-refractivity contribution in [1.82, 2.24) is 10.1 Å². The summed E-state index contributed by atoms with van der Waals surface area (Å²) in [7, 11) is 1.93. The van der Waals surface area contributed by atoms with Gasteiger partial charge in [-0.2, -0.15) is 0 Å². The van der Waals surface area contributed by atoms with E-state index in [4.69, 9.17) is 10.3 Å². The van der Waals surface area contributed by atoms with Crippen molar-refractivity contribution in [2.75, 3.05) is 17.7 Å². The highest BCUT2D eigenvalue weighted by Crippen LogP contribution is 2.21. The number of pyridine rings is 1. The zero-order valence-electron chi connectivity index (χ0n) is 10.3. The van der Waals surface area contributed by atoms with Crippen molar-refractivity contribution in [2.45, 2.75) is 20.4 Å². The largest absolute Gasteiger partial charge is 0.396 e. The molecule has 5 nitrogen and oxygen atoms in total. The van der Waals surface area contributed by atoms with E-state index in [1.54, 1.807) is 6.20 Å². The number of nitrogen functional groups attached to an aromatic ring is 1. The Bertz CT molecular complexity index is 521. The van der Waals surface area contributed by atoms with Crippen LogP contribution in [-0.4, -0.2) is 17.2 Å². The summed E-state index contributed by atoms with van der Waals surface area (Å²) in [6.07, 6.45) is 1.80. The molecule has 0 saturated carbocycles. The number of hydrogen-bond acceptors (Lipinski definition) is 5. The van der Waals surface area contributed by atoms with Crippen molar-refractivity contribution in [1.29, 1.82) is 0 Å². The van der Waals surface area contributed by atoms with Crippen molar-refractivity contribution >= 4 is 11.5 Å². The zero-order valence-corrected chi connectivity index (χ0v) is 10.3. The van der Waals surface area contributed by atoms with E-state index in [2.05, 4.69) is 10.1 Å². The number of hydrogen-bond donors (Lipinski definition) is 1. The summed E-state index contributed by atoms with van der Waals surface area (Å²) in [5.74, 6) is 1.56. The van der Waals surface area contributed by atoms with Crippen LogP contribution >= 0.6 is 0 Å². The summed E-state index contributed by atoms with van der Waals surface area (Å²) in [6, 6.07) is 3.81. The van der Waals surface area contributed by atoms with Gasteiger partial charge in [-0.15, -0.1) is 0 Å². The molecule has 0 aliphatic carbocycles. The average molecular weight is 232 g/mol. The van der Waals surface area contributed by atoms with Gasteiger partial charge in [0.15, 0.2) is 5.82 Å². The minimum atomic E-state index is 0.623. The predicted molar refractivity (Wildman–Crippen MR) is 66.7 cm³/mol. The zero-order chi connectivity index (χ0) is 12.4. The van der Waals surface area contributed by atoms with Gasteiger partial charge in [-0.1, -0.05) is 5.16 Å². The quantitative estimate of drug-likeness (QED) is 0.875. The third-order valence-electron chi connectivity index (χ3n) is 2.47. The number of nitrogens with two attached hydrogens (primary N) is 1. The van der Waals surface area contributed by atoms with E-state index in [0.29, 0.717) is 12.2 Å². The molecular formula is C12H16N4O. The van der Waals surface area contributed by atoms with Crippen LogP contribution in [0.4, 0.5) is 11.5 Å². The summed E-state index contributed by atoms with van der Waals surface area (Å²) >= 11 is 0. The van der Waals surface area contributed by atoms with Gasteiger partial charge in [0.05, 0.1) is 12.2 Å². The third-order valence-corrected chi connectivity index (χ3v) is 2.47. The lowest BCUT2D eigenvalue weighted by molar-refractivity contribution is 0.390. The van der Waals surface area contributed by atoms with Crippen molar-refractivity contribution in [3.05, 3.63) is 35.3 Å². The highest BCUT2D eigenvalue weighted by atomic mass is 16.5. The maximum absolute atomic E-state index is 5.93. The maximum atomic E-state index is 5.93. The number of anilines is 2. The second-order valence-electron chi connectivity index (χ2n) is 4.21. The van der Waals surface area contributed by atoms with Crippen molar-refractivity contribution < 1.29 is 4.52 Å². The van der Waals surface area contributed by atoms with Crippen LogP contribution < -0.4 is 10.6 Å². The second-order valence-corrected chi connectivity index (χ2v) is 4.21. The minimum Gasteiger partial charge on any atom is -0.396 e. The van der Waals surface area contributed by atoms with Gasteiger partial charge in [-0.25, -0.2) is 4.98 Å². The molecule has 0 atom stereocenters. The molecule has 2 aromatic heterocycles. The van der Waals surface area contributed by atoms with Crippen LogP contribution in [0, 0.1) is 13.8 Å². The van der Waals surface area contributed by atoms with Crippen LogP contribution in [0.2, 0.25) is 0 Å². The average Bonchev–Trinajstić information content (AvgIpc) is 2.63. The molecule has 2 N–H and O–H groups in total. The molecule has 2 heterocycles. The minimum absolute atomic E-state index is 0.623. The Morgan fingerprint density at radius 3 is 2.71 bits per heavy atom. The number of rotatable bonds is 3. The molecule has 0 amide bonds. The van der Waals surface area contributed by atoms with E-state index in [0.717, 1.165) is 22.8 Å². The van der Waals surface area contributed by atoms with Crippen molar-refractivity contribution in [3.63, 3.8) is 0 Å². The molecule has 0 bridgehead atoms. The Morgan fingerprint density at radius 2 is 2.12 bits per heavy atom. The van der Waals surface area contributed by atoms with Gasteiger partial charge in [-0.3, -0.25) is 0 Å². The first-order valence-corrected chi connectivity index (χ1v) is 5.41. The molecular weight excluding hydrogens is 216 g/mol. The van der Waals surface area contributed by atoms with E-state index < -0.39 is 0 Å². The van der Waals surface area contributed by atoms with Crippen LogP contribution in [0.15, 0.2) is 22.9 Å². The van der Waals surface area contributed by atoms with Gasteiger partial charge in [0.25, 0.3) is 0 Å². The summed E-state index contributed by atoms with van der Waals surface area (Å²) in [5.41, 5.74) is 8.53. The van der Waals surface area contributed by atoms with Gasteiger partial charge >= 0.3 is 0 Å². The lowest BCUT2D eigenvalue weighted by Crippen LogP contribution is -2.19. The van der Waals surface area contributed by atoms with E-state index in [1.165, 1.54) is 0 Å². The fourth-order valence-electron chi connectivity index (χ4n) is 1.71. The second kappa shape index (κ2) is 4.45. The smallest absolute Gasteiger partial charge is 0.151 e. The van der Waals surface area contributed by atoms with E-state index >= 15 is 0 Å². The molecule has 0 spiro atoms. The first kappa shape index (κ1) is 11.4. The Hall–Kier alpha value is -2.04.